The Bertz CT molecular complexity index is 141. The van der Waals surface area contributed by atoms with Crippen molar-refractivity contribution in [2.45, 2.75) is 12.8 Å². The highest BCUT2D eigenvalue weighted by molar-refractivity contribution is 5.69. The molecule has 1 rings (SSSR count). The lowest BCUT2D eigenvalue weighted by Gasteiger charge is -1.85. The average molecular weight is 128 g/mol. The van der Waals surface area contributed by atoms with E-state index in [1.165, 1.54) is 0 Å². The number of hydrogen-bond donors (Lipinski definition) is 1. The fourth-order valence-corrected chi connectivity index (χ4v) is 0.897. The van der Waals surface area contributed by atoms with E-state index in [1.807, 2.05) is 0 Å². The zero-order valence-corrected chi connectivity index (χ0v) is 4.91. The van der Waals surface area contributed by atoms with Gasteiger partial charge in [-0.15, -0.1) is 0 Å². The molecule has 0 radical (unpaired) electrons. The van der Waals surface area contributed by atoms with Crippen molar-refractivity contribution in [3.05, 3.63) is 0 Å². The maximum atomic E-state index is 10.00. The van der Waals surface area contributed by atoms with E-state index < -0.39 is 5.97 Å². The third-order valence-electron chi connectivity index (χ3n) is 1.59. The highest BCUT2D eigenvalue weighted by atomic mass is 16.4. The van der Waals surface area contributed by atoms with Gasteiger partial charge in [-0.3, -0.25) is 4.79 Å². The van der Waals surface area contributed by atoms with Crippen LogP contribution in [0.2, 0.25) is 0 Å². The molecule has 1 N–H and O–H groups in total. The molecule has 0 aromatic carbocycles. The largest absolute Gasteiger partial charge is 0.481 e. The minimum absolute atomic E-state index is 0.0427. The molecule has 3 heteroatoms. The van der Waals surface area contributed by atoms with Crippen LogP contribution in [0.5, 0.6) is 0 Å². The van der Waals surface area contributed by atoms with Gasteiger partial charge in [0.1, 0.15) is 6.29 Å². The molecule has 0 aromatic heterocycles. The molecule has 2 unspecified atom stereocenters. The predicted molar refractivity (Wildman–Crippen MR) is 29.9 cm³/mol. The third kappa shape index (κ3) is 1.52. The molecule has 1 saturated carbocycles. The van der Waals surface area contributed by atoms with E-state index >= 15 is 0 Å². The van der Waals surface area contributed by atoms with Crippen LogP contribution in [-0.2, 0) is 9.59 Å². The normalized spacial score (nSPS) is 31.6. The maximum absolute atomic E-state index is 10.00. The first kappa shape index (κ1) is 6.26. The Morgan fingerprint density at radius 2 is 2.44 bits per heavy atom. The standard InChI is InChI=1S/C6H8O3/c7-3-5-1-4(5)2-6(8)9/h3-5H,1-2H2,(H,8,9). The van der Waals surface area contributed by atoms with Crippen LogP contribution >= 0.6 is 0 Å². The lowest BCUT2D eigenvalue weighted by atomic mass is 10.2. The van der Waals surface area contributed by atoms with E-state index in [0.717, 1.165) is 12.7 Å². The molecule has 0 heterocycles. The number of carbonyl (C=O) groups is 2. The number of aliphatic carboxylic acids is 1. The topological polar surface area (TPSA) is 54.4 Å². The summed E-state index contributed by atoms with van der Waals surface area (Å²) in [6.45, 7) is 0. The zero-order chi connectivity index (χ0) is 6.85. The lowest BCUT2D eigenvalue weighted by molar-refractivity contribution is -0.137. The minimum Gasteiger partial charge on any atom is -0.481 e. The molecule has 0 bridgehead atoms. The molecule has 0 amide bonds. The van der Waals surface area contributed by atoms with Crippen molar-refractivity contribution in [2.75, 3.05) is 0 Å². The summed E-state index contributed by atoms with van der Waals surface area (Å²) in [6.07, 6.45) is 1.77. The molecule has 1 fully saturated rings. The van der Waals surface area contributed by atoms with E-state index in [9.17, 15) is 9.59 Å². The van der Waals surface area contributed by atoms with Gasteiger partial charge in [-0.2, -0.15) is 0 Å². The van der Waals surface area contributed by atoms with E-state index in [1.54, 1.807) is 0 Å². The quantitative estimate of drug-likeness (QED) is 0.556. The van der Waals surface area contributed by atoms with Crippen molar-refractivity contribution in [3.63, 3.8) is 0 Å². The van der Waals surface area contributed by atoms with Gasteiger partial charge < -0.3 is 9.90 Å². The van der Waals surface area contributed by atoms with Crippen LogP contribution in [0.15, 0.2) is 0 Å². The summed E-state index contributed by atoms with van der Waals surface area (Å²) in [6, 6.07) is 0. The van der Waals surface area contributed by atoms with Crippen molar-refractivity contribution in [1.29, 1.82) is 0 Å². The van der Waals surface area contributed by atoms with Crippen LogP contribution in [0, 0.1) is 11.8 Å². The van der Waals surface area contributed by atoms with Crippen molar-refractivity contribution in [2.24, 2.45) is 11.8 Å². The van der Waals surface area contributed by atoms with Gasteiger partial charge in [0.05, 0.1) is 0 Å². The Kier molecular flexibility index (Phi) is 1.51. The summed E-state index contributed by atoms with van der Waals surface area (Å²) >= 11 is 0. The molecule has 0 saturated heterocycles. The van der Waals surface area contributed by atoms with Crippen molar-refractivity contribution >= 4 is 12.3 Å². The first-order valence-electron chi connectivity index (χ1n) is 2.91. The lowest BCUT2D eigenvalue weighted by Crippen LogP contribution is -1.96. The Morgan fingerprint density at radius 1 is 1.78 bits per heavy atom. The first-order chi connectivity index (χ1) is 4.24. The maximum Gasteiger partial charge on any atom is 0.303 e. The molecule has 0 aliphatic heterocycles. The molecule has 3 nitrogen and oxygen atoms in total. The monoisotopic (exact) mass is 128 g/mol. The van der Waals surface area contributed by atoms with Crippen LogP contribution in [-0.4, -0.2) is 17.4 Å². The number of aldehydes is 1. The summed E-state index contributed by atoms with van der Waals surface area (Å²) in [5.74, 6) is -0.620. The Morgan fingerprint density at radius 3 is 2.78 bits per heavy atom. The van der Waals surface area contributed by atoms with Crippen LogP contribution in [0.4, 0.5) is 0 Å². The van der Waals surface area contributed by atoms with Crippen LogP contribution in [0.1, 0.15) is 12.8 Å². The summed E-state index contributed by atoms with van der Waals surface area (Å²) in [7, 11) is 0. The molecule has 1 aliphatic carbocycles. The first-order valence-corrected chi connectivity index (χ1v) is 2.91. The summed E-state index contributed by atoms with van der Waals surface area (Å²) in [4.78, 5) is 20.0. The second-order valence-electron chi connectivity index (χ2n) is 2.39. The van der Waals surface area contributed by atoms with Crippen molar-refractivity contribution in [3.8, 4) is 0 Å². The van der Waals surface area contributed by atoms with E-state index in [4.69, 9.17) is 5.11 Å². The van der Waals surface area contributed by atoms with Crippen LogP contribution in [0.25, 0.3) is 0 Å². The Hall–Kier alpha value is -0.860. The zero-order valence-electron chi connectivity index (χ0n) is 4.91. The van der Waals surface area contributed by atoms with E-state index in [0.29, 0.717) is 0 Å². The van der Waals surface area contributed by atoms with Gasteiger partial charge in [0.2, 0.25) is 0 Å². The highest BCUT2D eigenvalue weighted by Crippen LogP contribution is 2.39. The Labute approximate surface area is 52.7 Å². The number of carboxylic acids is 1. The van der Waals surface area contributed by atoms with Gasteiger partial charge in [0.15, 0.2) is 0 Å². The fourth-order valence-electron chi connectivity index (χ4n) is 0.897. The molecular formula is C6H8O3. The van der Waals surface area contributed by atoms with Gasteiger partial charge in [0, 0.05) is 12.3 Å². The van der Waals surface area contributed by atoms with Gasteiger partial charge in [0.25, 0.3) is 0 Å². The molecule has 1 aliphatic rings. The van der Waals surface area contributed by atoms with E-state index in [-0.39, 0.29) is 18.3 Å². The van der Waals surface area contributed by atoms with Crippen LogP contribution in [0.3, 0.4) is 0 Å². The van der Waals surface area contributed by atoms with Crippen molar-refractivity contribution < 1.29 is 14.7 Å². The number of rotatable bonds is 3. The predicted octanol–water partition coefficient (Wildman–Crippen LogP) is 0.296. The number of carbonyl (C=O) groups excluding carboxylic acids is 1. The third-order valence-corrected chi connectivity index (χ3v) is 1.59. The van der Waals surface area contributed by atoms with Crippen LogP contribution < -0.4 is 0 Å². The number of carboxylic acid groups (broad SMARTS) is 1. The summed E-state index contributed by atoms with van der Waals surface area (Å²) in [5, 5.41) is 8.22. The second-order valence-corrected chi connectivity index (χ2v) is 2.39. The van der Waals surface area contributed by atoms with Gasteiger partial charge in [-0.25, -0.2) is 0 Å². The number of hydrogen-bond acceptors (Lipinski definition) is 2. The SMILES string of the molecule is O=CC1CC1CC(=O)O. The smallest absolute Gasteiger partial charge is 0.303 e. The van der Waals surface area contributed by atoms with Gasteiger partial charge in [-0.05, 0) is 12.3 Å². The fraction of sp³-hybridized carbons (Fsp3) is 0.667. The highest BCUT2D eigenvalue weighted by Gasteiger charge is 2.37. The molecule has 0 aromatic rings. The van der Waals surface area contributed by atoms with Gasteiger partial charge >= 0.3 is 5.97 Å². The Balaban J connectivity index is 2.19. The summed E-state index contributed by atoms with van der Waals surface area (Å²) < 4.78 is 0. The summed E-state index contributed by atoms with van der Waals surface area (Å²) in [5.41, 5.74) is 0. The molecule has 9 heavy (non-hydrogen) atoms. The van der Waals surface area contributed by atoms with E-state index in [2.05, 4.69) is 0 Å². The minimum atomic E-state index is -0.802. The second kappa shape index (κ2) is 2.17. The van der Waals surface area contributed by atoms with Gasteiger partial charge in [-0.1, -0.05) is 0 Å². The molecule has 50 valence electrons. The molecule has 2 atom stereocenters. The average Bonchev–Trinajstić information content (AvgIpc) is 2.45. The molecule has 0 spiro atoms. The molecular weight excluding hydrogens is 120 g/mol. The van der Waals surface area contributed by atoms with Crippen molar-refractivity contribution in [1.82, 2.24) is 0 Å².